The van der Waals surface area contributed by atoms with Gasteiger partial charge in [-0.25, -0.2) is 0 Å². The number of benzene rings is 1. The van der Waals surface area contributed by atoms with Crippen LogP contribution < -0.4 is 0 Å². The van der Waals surface area contributed by atoms with Crippen LogP contribution in [0.25, 0.3) is 0 Å². The molecule has 114 valence electrons. The van der Waals surface area contributed by atoms with Crippen LogP contribution in [0.5, 0.6) is 0 Å². The molecule has 0 aliphatic rings. The Labute approximate surface area is 144 Å². The van der Waals surface area contributed by atoms with Gasteiger partial charge >= 0.3 is 11.9 Å². The summed E-state index contributed by atoms with van der Waals surface area (Å²) in [6, 6.07) is 5.21. The van der Waals surface area contributed by atoms with Gasteiger partial charge in [-0.2, -0.15) is 0 Å². The van der Waals surface area contributed by atoms with E-state index in [0.29, 0.717) is 10.0 Å². The van der Waals surface area contributed by atoms with Gasteiger partial charge in [-0.3, -0.25) is 14.4 Å². The quantitative estimate of drug-likeness (QED) is 0.486. The lowest BCUT2D eigenvalue weighted by molar-refractivity contribution is -0.144. The van der Waals surface area contributed by atoms with Crippen molar-refractivity contribution in [3.05, 3.63) is 31.8 Å². The first-order valence-corrected chi connectivity index (χ1v) is 7.64. The number of carbonyl (C=O) groups is 3. The number of hydrogen-bond acceptors (Lipinski definition) is 5. The first-order chi connectivity index (χ1) is 9.88. The van der Waals surface area contributed by atoms with Gasteiger partial charge in [0.25, 0.3) is 5.91 Å². The lowest BCUT2D eigenvalue weighted by Gasteiger charge is -2.20. The molecule has 1 aromatic rings. The number of hydrogen-bond donors (Lipinski definition) is 0. The molecule has 0 unspecified atom stereocenters. The van der Waals surface area contributed by atoms with Crippen molar-refractivity contribution in [1.29, 1.82) is 0 Å². The summed E-state index contributed by atoms with van der Waals surface area (Å²) in [7, 11) is 2.43. The highest BCUT2D eigenvalue weighted by Crippen LogP contribution is 2.21. The fraction of sp³-hybridized carbons (Fsp3) is 0.308. The summed E-state index contributed by atoms with van der Waals surface area (Å²) >= 11 is 5.35. The lowest BCUT2D eigenvalue weighted by atomic mass is 10.2. The molecule has 0 fully saturated rings. The zero-order valence-corrected chi connectivity index (χ0v) is 15.1. The van der Waals surface area contributed by atoms with Crippen LogP contribution in [0, 0.1) is 3.57 Å². The number of nitrogens with zero attached hydrogens (tertiary/aromatic N) is 1. The first-order valence-electron chi connectivity index (χ1n) is 5.77. The molecular formula is C13H13BrINO5. The molecule has 0 aromatic heterocycles. The predicted molar refractivity (Wildman–Crippen MR) is 86.8 cm³/mol. The topological polar surface area (TPSA) is 72.9 Å². The molecule has 0 saturated carbocycles. The van der Waals surface area contributed by atoms with Gasteiger partial charge in [0.15, 0.2) is 0 Å². The van der Waals surface area contributed by atoms with Crippen molar-refractivity contribution in [2.45, 2.75) is 0 Å². The number of rotatable bonds is 5. The third kappa shape index (κ3) is 5.27. The fourth-order valence-corrected chi connectivity index (χ4v) is 2.38. The van der Waals surface area contributed by atoms with E-state index in [2.05, 4.69) is 48.0 Å². The largest absolute Gasteiger partial charge is 0.468 e. The Morgan fingerprint density at radius 1 is 1.14 bits per heavy atom. The summed E-state index contributed by atoms with van der Waals surface area (Å²) in [6.45, 7) is -0.662. The summed E-state index contributed by atoms with van der Waals surface area (Å²) in [5.74, 6) is -1.70. The van der Waals surface area contributed by atoms with E-state index in [1.165, 1.54) is 14.2 Å². The third-order valence-electron chi connectivity index (χ3n) is 2.54. The van der Waals surface area contributed by atoms with Crippen molar-refractivity contribution < 1.29 is 23.9 Å². The van der Waals surface area contributed by atoms with Gasteiger partial charge in [0, 0.05) is 8.04 Å². The van der Waals surface area contributed by atoms with Crippen LogP contribution in [0.3, 0.4) is 0 Å². The van der Waals surface area contributed by atoms with Gasteiger partial charge in [-0.15, -0.1) is 0 Å². The van der Waals surface area contributed by atoms with Crippen LogP contribution in [0.1, 0.15) is 10.4 Å². The minimum Gasteiger partial charge on any atom is -0.468 e. The van der Waals surface area contributed by atoms with Crippen molar-refractivity contribution in [2.24, 2.45) is 0 Å². The number of halogens is 2. The van der Waals surface area contributed by atoms with Crippen LogP contribution in [-0.4, -0.2) is 50.1 Å². The monoisotopic (exact) mass is 469 g/mol. The molecule has 0 aliphatic carbocycles. The van der Waals surface area contributed by atoms with E-state index >= 15 is 0 Å². The maximum absolute atomic E-state index is 12.5. The number of methoxy groups -OCH3 is 2. The number of amides is 1. The second-order valence-electron chi connectivity index (χ2n) is 3.94. The summed E-state index contributed by atoms with van der Waals surface area (Å²) in [5.41, 5.74) is 0.356. The average molecular weight is 470 g/mol. The van der Waals surface area contributed by atoms with Gasteiger partial charge in [0.1, 0.15) is 13.1 Å². The van der Waals surface area contributed by atoms with E-state index in [1.807, 2.05) is 6.07 Å². The van der Waals surface area contributed by atoms with Crippen molar-refractivity contribution in [1.82, 2.24) is 4.90 Å². The van der Waals surface area contributed by atoms with Gasteiger partial charge < -0.3 is 14.4 Å². The molecule has 1 amide bonds. The Balaban J connectivity index is 3.05. The Morgan fingerprint density at radius 2 is 1.67 bits per heavy atom. The molecule has 8 heteroatoms. The van der Waals surface area contributed by atoms with Crippen LogP contribution in [0.15, 0.2) is 22.7 Å². The molecule has 0 spiro atoms. The molecule has 0 radical (unpaired) electrons. The predicted octanol–water partition coefficient (Wildman–Crippen LogP) is 1.84. The molecule has 6 nitrogen and oxygen atoms in total. The molecule has 0 bridgehead atoms. The summed E-state index contributed by atoms with van der Waals surface area (Å²) in [5, 5.41) is 0. The molecule has 1 aromatic carbocycles. The smallest absolute Gasteiger partial charge is 0.325 e. The second-order valence-corrected chi connectivity index (χ2v) is 6.04. The molecule has 0 aliphatic heterocycles. The van der Waals surface area contributed by atoms with E-state index in [9.17, 15) is 14.4 Å². The highest BCUT2D eigenvalue weighted by Gasteiger charge is 2.24. The molecule has 21 heavy (non-hydrogen) atoms. The van der Waals surface area contributed by atoms with E-state index in [-0.39, 0.29) is 13.1 Å². The van der Waals surface area contributed by atoms with Gasteiger partial charge in [0.05, 0.1) is 19.8 Å². The van der Waals surface area contributed by atoms with Gasteiger partial charge in [-0.05, 0) is 56.7 Å². The van der Waals surface area contributed by atoms with Crippen LogP contribution in [0.2, 0.25) is 0 Å². The van der Waals surface area contributed by atoms with E-state index in [1.54, 1.807) is 12.1 Å². The standard InChI is InChI=1S/C13H13BrINO5/c1-20-11(17)6-16(7-12(18)21-2)13(19)9-5-8(15)3-4-10(9)14/h3-5H,6-7H2,1-2H3. The molecule has 0 N–H and O–H groups in total. The van der Waals surface area contributed by atoms with Crippen LogP contribution in [-0.2, 0) is 19.1 Å². The lowest BCUT2D eigenvalue weighted by Crippen LogP contribution is -2.40. The maximum atomic E-state index is 12.5. The van der Waals surface area contributed by atoms with Gasteiger partial charge in [0.2, 0.25) is 0 Å². The van der Waals surface area contributed by atoms with Crippen molar-refractivity contribution in [3.8, 4) is 0 Å². The number of carbonyl (C=O) groups excluding carboxylic acids is 3. The zero-order chi connectivity index (χ0) is 16.0. The average Bonchev–Trinajstić information content (AvgIpc) is 2.47. The summed E-state index contributed by atoms with van der Waals surface area (Å²) < 4.78 is 10.5. The van der Waals surface area contributed by atoms with Gasteiger partial charge in [-0.1, -0.05) is 0 Å². The van der Waals surface area contributed by atoms with Crippen LogP contribution >= 0.6 is 38.5 Å². The Kier molecular flexibility index (Phi) is 7.09. The summed E-state index contributed by atoms with van der Waals surface area (Å²) in [4.78, 5) is 36.4. The molecule has 0 saturated heterocycles. The van der Waals surface area contributed by atoms with E-state index in [0.717, 1.165) is 8.47 Å². The van der Waals surface area contributed by atoms with Crippen molar-refractivity contribution >= 4 is 56.4 Å². The normalized spacial score (nSPS) is 9.90. The first kappa shape index (κ1) is 17.9. The van der Waals surface area contributed by atoms with E-state index < -0.39 is 17.8 Å². The number of ether oxygens (including phenoxy) is 2. The van der Waals surface area contributed by atoms with Crippen molar-refractivity contribution in [2.75, 3.05) is 27.3 Å². The summed E-state index contributed by atoms with van der Waals surface area (Å²) in [6.07, 6.45) is 0. The minimum atomic E-state index is -0.617. The SMILES string of the molecule is COC(=O)CN(CC(=O)OC)C(=O)c1cc(I)ccc1Br. The maximum Gasteiger partial charge on any atom is 0.325 e. The molecule has 0 atom stereocenters. The Morgan fingerprint density at radius 3 is 2.14 bits per heavy atom. The Hall–Kier alpha value is -1.16. The fourth-order valence-electron chi connectivity index (χ4n) is 1.47. The number of esters is 2. The highest BCUT2D eigenvalue weighted by atomic mass is 127. The molecule has 1 rings (SSSR count). The zero-order valence-electron chi connectivity index (χ0n) is 11.4. The second kappa shape index (κ2) is 8.32. The van der Waals surface area contributed by atoms with Crippen molar-refractivity contribution in [3.63, 3.8) is 0 Å². The Bertz CT molecular complexity index is 545. The minimum absolute atomic E-state index is 0.331. The van der Waals surface area contributed by atoms with E-state index in [4.69, 9.17) is 0 Å². The molecule has 0 heterocycles. The highest BCUT2D eigenvalue weighted by molar-refractivity contribution is 14.1. The third-order valence-corrected chi connectivity index (χ3v) is 3.90. The van der Waals surface area contributed by atoms with Crippen LogP contribution in [0.4, 0.5) is 0 Å². The molecular weight excluding hydrogens is 457 g/mol.